The maximum absolute atomic E-state index is 12.5. The third kappa shape index (κ3) is 4.00. The zero-order valence-electron chi connectivity index (χ0n) is 11.3. The van der Waals surface area contributed by atoms with Gasteiger partial charge in [0.2, 0.25) is 0 Å². The van der Waals surface area contributed by atoms with Crippen LogP contribution in [0.3, 0.4) is 0 Å². The molecule has 0 fully saturated rings. The van der Waals surface area contributed by atoms with Crippen molar-refractivity contribution in [2.24, 2.45) is 0 Å². The lowest BCUT2D eigenvalue weighted by Crippen LogP contribution is -2.03. The molecule has 0 heterocycles. The summed E-state index contributed by atoms with van der Waals surface area (Å²) in [4.78, 5) is 12.5. The van der Waals surface area contributed by atoms with Crippen molar-refractivity contribution in [2.75, 3.05) is 6.61 Å². The first-order valence-electron chi connectivity index (χ1n) is 6.45. The normalized spacial score (nSPS) is 10.5. The number of hydrogen-bond donors (Lipinski definition) is 0. The Labute approximate surface area is 142 Å². The molecule has 21 heavy (non-hydrogen) atoms. The Hall–Kier alpha value is -1.03. The fourth-order valence-electron chi connectivity index (χ4n) is 1.80. The summed E-state index contributed by atoms with van der Waals surface area (Å²) in [5.41, 5.74) is 0.963. The zero-order valence-corrected chi connectivity index (χ0v) is 14.4. The minimum atomic E-state index is -0.153. The highest BCUT2D eigenvalue weighted by molar-refractivity contribution is 9.10. The van der Waals surface area contributed by atoms with E-state index in [4.69, 9.17) is 27.9 Å². The van der Waals surface area contributed by atoms with Crippen LogP contribution in [0.15, 0.2) is 40.9 Å². The lowest BCUT2D eigenvalue weighted by atomic mass is 10.0. The Morgan fingerprint density at radius 2 is 1.95 bits per heavy atom. The number of halogens is 3. The summed E-state index contributed by atoms with van der Waals surface area (Å²) in [6.45, 7) is 2.67. The first kappa shape index (κ1) is 16.3. The van der Waals surface area contributed by atoms with Gasteiger partial charge in [-0.3, -0.25) is 4.79 Å². The number of benzene rings is 2. The predicted octanol–water partition coefficient (Wildman–Crippen LogP) is 5.78. The molecular weight excluding hydrogens is 375 g/mol. The van der Waals surface area contributed by atoms with E-state index < -0.39 is 0 Å². The van der Waals surface area contributed by atoms with Crippen molar-refractivity contribution in [3.63, 3.8) is 0 Å². The minimum absolute atomic E-state index is 0.153. The lowest BCUT2D eigenvalue weighted by molar-refractivity contribution is 0.103. The van der Waals surface area contributed by atoms with Gasteiger partial charge in [0, 0.05) is 16.1 Å². The van der Waals surface area contributed by atoms with Gasteiger partial charge >= 0.3 is 0 Å². The second kappa shape index (κ2) is 7.30. The molecule has 5 heteroatoms. The van der Waals surface area contributed by atoms with Crippen molar-refractivity contribution >= 4 is 44.9 Å². The number of carbonyl (C=O) groups excluding carboxylic acids is 1. The second-order valence-corrected chi connectivity index (χ2v) is 6.14. The molecule has 0 aliphatic carbocycles. The van der Waals surface area contributed by atoms with Gasteiger partial charge in [-0.05, 0) is 58.7 Å². The summed E-state index contributed by atoms with van der Waals surface area (Å²) >= 11 is 15.3. The van der Waals surface area contributed by atoms with E-state index in [9.17, 15) is 4.79 Å². The van der Waals surface area contributed by atoms with Crippen LogP contribution in [0.2, 0.25) is 10.0 Å². The second-order valence-electron chi connectivity index (χ2n) is 4.45. The first-order chi connectivity index (χ1) is 10.0. The van der Waals surface area contributed by atoms with Crippen molar-refractivity contribution in [2.45, 2.75) is 13.3 Å². The number of ether oxygens (including phenoxy) is 1. The molecule has 0 spiro atoms. The molecule has 110 valence electrons. The predicted molar refractivity (Wildman–Crippen MR) is 89.8 cm³/mol. The standard InChI is InChI=1S/C16H13BrCl2O2/c1-2-7-21-15-6-3-10(8-13(15)17)16(20)12-5-4-11(18)9-14(12)19/h3-6,8-9H,2,7H2,1H3. The smallest absolute Gasteiger partial charge is 0.194 e. The van der Waals surface area contributed by atoms with Gasteiger partial charge in [0.1, 0.15) is 5.75 Å². The molecule has 2 aromatic carbocycles. The Balaban J connectivity index is 2.29. The summed E-state index contributed by atoms with van der Waals surface area (Å²) < 4.78 is 6.31. The van der Waals surface area contributed by atoms with E-state index in [0.29, 0.717) is 27.8 Å². The van der Waals surface area contributed by atoms with Crippen LogP contribution < -0.4 is 4.74 Å². The first-order valence-corrected chi connectivity index (χ1v) is 8.00. The van der Waals surface area contributed by atoms with E-state index in [-0.39, 0.29) is 5.78 Å². The summed E-state index contributed by atoms with van der Waals surface area (Å²) in [7, 11) is 0. The molecule has 2 aromatic rings. The quantitative estimate of drug-likeness (QED) is 0.608. The maximum Gasteiger partial charge on any atom is 0.194 e. The number of rotatable bonds is 5. The topological polar surface area (TPSA) is 26.3 Å². The highest BCUT2D eigenvalue weighted by Gasteiger charge is 2.15. The van der Waals surface area contributed by atoms with Gasteiger partial charge in [-0.15, -0.1) is 0 Å². The van der Waals surface area contributed by atoms with Crippen LogP contribution in [0.25, 0.3) is 0 Å². The minimum Gasteiger partial charge on any atom is -0.492 e. The SMILES string of the molecule is CCCOc1ccc(C(=O)c2ccc(Cl)cc2Cl)cc1Br. The molecule has 0 aliphatic heterocycles. The molecule has 0 N–H and O–H groups in total. The largest absolute Gasteiger partial charge is 0.492 e. The molecular formula is C16H13BrCl2O2. The third-order valence-electron chi connectivity index (χ3n) is 2.83. The molecule has 0 saturated carbocycles. The van der Waals surface area contributed by atoms with Crippen LogP contribution in [-0.2, 0) is 0 Å². The highest BCUT2D eigenvalue weighted by Crippen LogP contribution is 2.29. The van der Waals surface area contributed by atoms with Gasteiger partial charge < -0.3 is 4.74 Å². The zero-order chi connectivity index (χ0) is 15.4. The van der Waals surface area contributed by atoms with Gasteiger partial charge in [0.05, 0.1) is 16.1 Å². The molecule has 0 unspecified atom stereocenters. The van der Waals surface area contributed by atoms with E-state index in [1.807, 2.05) is 6.92 Å². The van der Waals surface area contributed by atoms with E-state index in [2.05, 4.69) is 15.9 Å². The average molecular weight is 388 g/mol. The van der Waals surface area contributed by atoms with Gasteiger partial charge in [-0.2, -0.15) is 0 Å². The number of ketones is 1. The molecule has 0 radical (unpaired) electrons. The third-order valence-corrected chi connectivity index (χ3v) is 4.00. The van der Waals surface area contributed by atoms with E-state index >= 15 is 0 Å². The fourth-order valence-corrected chi connectivity index (χ4v) is 2.79. The Kier molecular flexibility index (Phi) is 5.68. The van der Waals surface area contributed by atoms with Crippen LogP contribution in [0.5, 0.6) is 5.75 Å². The monoisotopic (exact) mass is 386 g/mol. The molecule has 2 rings (SSSR count). The van der Waals surface area contributed by atoms with Crippen LogP contribution in [-0.4, -0.2) is 12.4 Å². The number of carbonyl (C=O) groups is 1. The summed E-state index contributed by atoms with van der Waals surface area (Å²) in [5, 5.41) is 0.843. The summed E-state index contributed by atoms with van der Waals surface area (Å²) in [6, 6.07) is 10.1. The van der Waals surface area contributed by atoms with Crippen LogP contribution in [0, 0.1) is 0 Å². The van der Waals surface area contributed by atoms with Crippen molar-refractivity contribution in [1.82, 2.24) is 0 Å². The molecule has 2 nitrogen and oxygen atoms in total. The summed E-state index contributed by atoms with van der Waals surface area (Å²) in [6.07, 6.45) is 0.924. The van der Waals surface area contributed by atoms with Crippen molar-refractivity contribution in [3.8, 4) is 5.75 Å². The van der Waals surface area contributed by atoms with Crippen molar-refractivity contribution < 1.29 is 9.53 Å². The van der Waals surface area contributed by atoms with E-state index in [1.54, 1.807) is 36.4 Å². The average Bonchev–Trinajstić information content (AvgIpc) is 2.45. The molecule has 0 saturated heterocycles. The van der Waals surface area contributed by atoms with Gasteiger partial charge in [0.25, 0.3) is 0 Å². The van der Waals surface area contributed by atoms with Crippen LogP contribution >= 0.6 is 39.1 Å². The Bertz CT molecular complexity index is 671. The van der Waals surface area contributed by atoms with Gasteiger partial charge in [0.15, 0.2) is 5.78 Å². The van der Waals surface area contributed by atoms with Gasteiger partial charge in [-0.1, -0.05) is 30.1 Å². The molecule has 0 atom stereocenters. The molecule has 0 aromatic heterocycles. The van der Waals surface area contributed by atoms with Crippen LogP contribution in [0.1, 0.15) is 29.3 Å². The molecule has 0 amide bonds. The Morgan fingerprint density at radius 3 is 2.57 bits per heavy atom. The fraction of sp³-hybridized carbons (Fsp3) is 0.188. The van der Waals surface area contributed by atoms with E-state index in [0.717, 1.165) is 16.6 Å². The highest BCUT2D eigenvalue weighted by atomic mass is 79.9. The van der Waals surface area contributed by atoms with Crippen molar-refractivity contribution in [1.29, 1.82) is 0 Å². The van der Waals surface area contributed by atoms with Gasteiger partial charge in [-0.25, -0.2) is 0 Å². The van der Waals surface area contributed by atoms with E-state index in [1.165, 1.54) is 0 Å². The molecule has 0 bridgehead atoms. The maximum atomic E-state index is 12.5. The lowest BCUT2D eigenvalue weighted by Gasteiger charge is -2.09. The van der Waals surface area contributed by atoms with Crippen LogP contribution in [0.4, 0.5) is 0 Å². The number of hydrogen-bond acceptors (Lipinski definition) is 2. The van der Waals surface area contributed by atoms with Crippen molar-refractivity contribution in [3.05, 3.63) is 62.0 Å². The molecule has 0 aliphatic rings. The Morgan fingerprint density at radius 1 is 1.19 bits per heavy atom. The summed E-state index contributed by atoms with van der Waals surface area (Å²) in [5.74, 6) is 0.565.